The average Bonchev–Trinajstić information content (AvgIpc) is 3.36. The minimum Gasteiger partial charge on any atom is -0.361 e. The van der Waals surface area contributed by atoms with E-state index in [1.54, 1.807) is 24.2 Å². The molecule has 0 spiro atoms. The minimum atomic E-state index is -0.168. The third-order valence-corrected chi connectivity index (χ3v) is 5.19. The molecule has 0 bridgehead atoms. The standard InChI is InChI=1S/C17H22N6O3/c1-3-5-21-10-18-19-15(21)9-23-13-4-6-22(14(13)8-16(23)24)17(25)12-7-11(2)26-20-12/h7,10,13-14H,3-6,8-9H2,1-2H3. The Morgan fingerprint density at radius 3 is 2.96 bits per heavy atom. The first-order valence-electron chi connectivity index (χ1n) is 8.99. The van der Waals surface area contributed by atoms with Crippen molar-refractivity contribution >= 4 is 11.8 Å². The minimum absolute atomic E-state index is 0.0197. The second kappa shape index (κ2) is 6.54. The molecule has 0 saturated carbocycles. The van der Waals surface area contributed by atoms with E-state index >= 15 is 0 Å². The van der Waals surface area contributed by atoms with Crippen LogP contribution in [0.15, 0.2) is 16.9 Å². The zero-order valence-electron chi connectivity index (χ0n) is 15.0. The van der Waals surface area contributed by atoms with Crippen molar-refractivity contribution in [3.63, 3.8) is 0 Å². The Morgan fingerprint density at radius 1 is 1.38 bits per heavy atom. The van der Waals surface area contributed by atoms with Crippen LogP contribution in [0.3, 0.4) is 0 Å². The number of amides is 2. The Kier molecular flexibility index (Phi) is 4.21. The van der Waals surface area contributed by atoms with Crippen LogP contribution in [0.25, 0.3) is 0 Å². The molecule has 4 rings (SSSR count). The maximum atomic E-state index is 12.7. The number of carbonyl (C=O) groups is 2. The topological polar surface area (TPSA) is 97.4 Å². The molecule has 138 valence electrons. The number of hydrogen-bond acceptors (Lipinski definition) is 6. The fourth-order valence-corrected chi connectivity index (χ4v) is 3.98. The molecular weight excluding hydrogens is 336 g/mol. The van der Waals surface area contributed by atoms with Gasteiger partial charge in [0.1, 0.15) is 12.1 Å². The highest BCUT2D eigenvalue weighted by Gasteiger charge is 2.49. The summed E-state index contributed by atoms with van der Waals surface area (Å²) in [6.45, 7) is 5.72. The largest absolute Gasteiger partial charge is 0.361 e. The molecule has 2 saturated heterocycles. The van der Waals surface area contributed by atoms with Crippen LogP contribution in [0.4, 0.5) is 0 Å². The summed E-state index contributed by atoms with van der Waals surface area (Å²) in [5.74, 6) is 1.28. The lowest BCUT2D eigenvalue weighted by molar-refractivity contribution is -0.129. The molecule has 0 N–H and O–H groups in total. The second-order valence-electron chi connectivity index (χ2n) is 6.91. The van der Waals surface area contributed by atoms with E-state index in [0.29, 0.717) is 31.0 Å². The Labute approximate surface area is 150 Å². The van der Waals surface area contributed by atoms with Crippen molar-refractivity contribution in [3.8, 4) is 0 Å². The SMILES string of the molecule is CCCn1cnnc1CN1C(=O)CC2C1CCN2C(=O)c1cc(C)on1. The Balaban J connectivity index is 1.50. The lowest BCUT2D eigenvalue weighted by atomic mass is 10.1. The first-order valence-corrected chi connectivity index (χ1v) is 8.99. The first kappa shape index (κ1) is 16.7. The Bertz CT molecular complexity index is 828. The van der Waals surface area contributed by atoms with E-state index in [4.69, 9.17) is 4.52 Å². The molecule has 2 amide bonds. The van der Waals surface area contributed by atoms with Crippen LogP contribution < -0.4 is 0 Å². The van der Waals surface area contributed by atoms with Crippen molar-refractivity contribution in [1.29, 1.82) is 0 Å². The molecule has 9 nitrogen and oxygen atoms in total. The molecule has 4 heterocycles. The van der Waals surface area contributed by atoms with Gasteiger partial charge >= 0.3 is 0 Å². The number of rotatable bonds is 5. The molecule has 9 heteroatoms. The summed E-state index contributed by atoms with van der Waals surface area (Å²) in [7, 11) is 0. The number of fused-ring (bicyclic) bond motifs is 1. The van der Waals surface area contributed by atoms with Gasteiger partial charge in [0.2, 0.25) is 5.91 Å². The predicted octanol–water partition coefficient (Wildman–Crippen LogP) is 1.00. The number of aromatic nitrogens is 4. The zero-order valence-corrected chi connectivity index (χ0v) is 15.0. The number of aryl methyl sites for hydroxylation is 2. The maximum Gasteiger partial charge on any atom is 0.276 e. The van der Waals surface area contributed by atoms with E-state index in [0.717, 1.165) is 25.2 Å². The predicted molar refractivity (Wildman–Crippen MR) is 89.9 cm³/mol. The van der Waals surface area contributed by atoms with E-state index in [9.17, 15) is 9.59 Å². The van der Waals surface area contributed by atoms with Crippen LogP contribution in [0.2, 0.25) is 0 Å². The van der Waals surface area contributed by atoms with Crippen LogP contribution in [-0.4, -0.2) is 60.2 Å². The van der Waals surface area contributed by atoms with Crippen molar-refractivity contribution in [2.45, 2.75) is 58.3 Å². The molecule has 0 aromatic carbocycles. The van der Waals surface area contributed by atoms with Gasteiger partial charge in [-0.15, -0.1) is 10.2 Å². The summed E-state index contributed by atoms with van der Waals surface area (Å²) in [5, 5.41) is 12.0. The molecular formula is C17H22N6O3. The van der Waals surface area contributed by atoms with Gasteiger partial charge in [0.25, 0.3) is 5.91 Å². The average molecular weight is 358 g/mol. The highest BCUT2D eigenvalue weighted by Crippen LogP contribution is 2.34. The van der Waals surface area contributed by atoms with Gasteiger partial charge in [-0.3, -0.25) is 9.59 Å². The Morgan fingerprint density at radius 2 is 2.23 bits per heavy atom. The smallest absolute Gasteiger partial charge is 0.276 e. The van der Waals surface area contributed by atoms with Gasteiger partial charge in [0, 0.05) is 25.6 Å². The van der Waals surface area contributed by atoms with Crippen LogP contribution in [0.1, 0.15) is 48.3 Å². The number of carbonyl (C=O) groups excluding carboxylic acids is 2. The molecule has 2 atom stereocenters. The van der Waals surface area contributed by atoms with Crippen molar-refractivity contribution in [1.82, 2.24) is 29.7 Å². The van der Waals surface area contributed by atoms with Crippen LogP contribution in [-0.2, 0) is 17.9 Å². The van der Waals surface area contributed by atoms with E-state index in [1.165, 1.54) is 0 Å². The van der Waals surface area contributed by atoms with Crippen molar-refractivity contribution in [3.05, 3.63) is 29.7 Å². The number of likely N-dealkylation sites (tertiary alicyclic amines) is 2. The van der Waals surface area contributed by atoms with E-state index < -0.39 is 0 Å². The van der Waals surface area contributed by atoms with Crippen LogP contribution in [0, 0.1) is 6.92 Å². The first-order chi connectivity index (χ1) is 12.6. The zero-order chi connectivity index (χ0) is 18.3. The fraction of sp³-hybridized carbons (Fsp3) is 0.588. The van der Waals surface area contributed by atoms with Crippen molar-refractivity contribution < 1.29 is 14.1 Å². The van der Waals surface area contributed by atoms with Crippen LogP contribution in [0.5, 0.6) is 0 Å². The molecule has 2 aliphatic heterocycles. The fourth-order valence-electron chi connectivity index (χ4n) is 3.98. The summed E-state index contributed by atoms with van der Waals surface area (Å²) in [6.07, 6.45) is 3.79. The lowest BCUT2D eigenvalue weighted by Crippen LogP contribution is -2.40. The third-order valence-electron chi connectivity index (χ3n) is 5.19. The van der Waals surface area contributed by atoms with Gasteiger partial charge in [-0.25, -0.2) is 0 Å². The third kappa shape index (κ3) is 2.77. The number of nitrogens with zero attached hydrogens (tertiary/aromatic N) is 6. The second-order valence-corrected chi connectivity index (χ2v) is 6.91. The summed E-state index contributed by atoms with van der Waals surface area (Å²) >= 11 is 0. The summed E-state index contributed by atoms with van der Waals surface area (Å²) in [4.78, 5) is 28.9. The van der Waals surface area contributed by atoms with Gasteiger partial charge in [0.05, 0.1) is 18.6 Å². The monoisotopic (exact) mass is 358 g/mol. The molecule has 2 unspecified atom stereocenters. The van der Waals surface area contributed by atoms with E-state index in [1.807, 2.05) is 9.47 Å². The molecule has 0 radical (unpaired) electrons. The van der Waals surface area contributed by atoms with Gasteiger partial charge in [-0.2, -0.15) is 0 Å². The number of hydrogen-bond donors (Lipinski definition) is 0. The van der Waals surface area contributed by atoms with Gasteiger partial charge in [0.15, 0.2) is 11.5 Å². The molecule has 2 fully saturated rings. The summed E-state index contributed by atoms with van der Waals surface area (Å²) in [5.41, 5.74) is 0.303. The van der Waals surface area contributed by atoms with Gasteiger partial charge in [-0.05, 0) is 19.8 Å². The van der Waals surface area contributed by atoms with Crippen molar-refractivity contribution in [2.24, 2.45) is 0 Å². The molecule has 0 aliphatic carbocycles. The van der Waals surface area contributed by atoms with Crippen LogP contribution >= 0.6 is 0 Å². The molecule has 26 heavy (non-hydrogen) atoms. The molecule has 2 aliphatic rings. The highest BCUT2D eigenvalue weighted by molar-refractivity contribution is 5.93. The Hall–Kier alpha value is -2.71. The quantitative estimate of drug-likeness (QED) is 0.791. The summed E-state index contributed by atoms with van der Waals surface area (Å²) in [6, 6.07) is 1.54. The van der Waals surface area contributed by atoms with E-state index in [2.05, 4.69) is 22.3 Å². The van der Waals surface area contributed by atoms with E-state index in [-0.39, 0.29) is 23.9 Å². The highest BCUT2D eigenvalue weighted by atomic mass is 16.5. The summed E-state index contributed by atoms with van der Waals surface area (Å²) < 4.78 is 7.00. The normalized spacial score (nSPS) is 22.3. The van der Waals surface area contributed by atoms with Gasteiger partial charge < -0.3 is 18.9 Å². The lowest BCUT2D eigenvalue weighted by Gasteiger charge is -2.24. The maximum absolute atomic E-state index is 12.7. The molecule has 2 aromatic heterocycles. The van der Waals surface area contributed by atoms with Gasteiger partial charge in [-0.1, -0.05) is 12.1 Å². The van der Waals surface area contributed by atoms with Crippen molar-refractivity contribution in [2.75, 3.05) is 6.54 Å². The molecule has 2 aromatic rings.